The van der Waals surface area contributed by atoms with Crippen molar-refractivity contribution in [2.24, 2.45) is 17.4 Å². The lowest BCUT2D eigenvalue weighted by Crippen LogP contribution is -2.55. The van der Waals surface area contributed by atoms with Gasteiger partial charge in [-0.1, -0.05) is 0 Å². The van der Waals surface area contributed by atoms with Crippen molar-refractivity contribution in [3.63, 3.8) is 0 Å². The second-order valence-corrected chi connectivity index (χ2v) is 8.74. The molecule has 3 heterocycles. The molecular weight excluding hydrogens is 434 g/mol. The summed E-state index contributed by atoms with van der Waals surface area (Å²) in [5, 5.41) is 15.7. The minimum absolute atomic E-state index is 0.0595. The third-order valence-corrected chi connectivity index (χ3v) is 6.99. The number of nitrogens with one attached hydrogen (secondary N) is 2. The highest BCUT2D eigenvalue weighted by molar-refractivity contribution is 6.25. The lowest BCUT2D eigenvalue weighted by Gasteiger charge is -2.39. The highest BCUT2D eigenvalue weighted by atomic mass is 16.6. The molecule has 4 aliphatic rings. The number of ether oxygens (including phenoxy) is 2. The minimum Gasteiger partial charge on any atom is -0.480 e. The number of carbonyl (C=O) groups is 4. The van der Waals surface area contributed by atoms with Crippen molar-refractivity contribution < 1.29 is 33.8 Å². The number of primary amides is 1. The second kappa shape index (κ2) is 8.43. The van der Waals surface area contributed by atoms with Crippen LogP contribution >= 0.6 is 0 Å². The summed E-state index contributed by atoms with van der Waals surface area (Å²) in [6, 6.07) is -1.14. The number of allylic oxidation sites excluding steroid dienone is 2. The number of hydrogen-bond donors (Lipinski definition) is 5. The number of hydrogen-bond acceptors (Lipinski definition) is 10. The number of aliphatic carboxylic acids is 1. The number of carbonyl (C=O) groups excluding carboxylic acids is 3. The molecule has 12 nitrogen and oxygen atoms in total. The van der Waals surface area contributed by atoms with Crippen molar-refractivity contribution in [2.75, 3.05) is 26.8 Å². The summed E-state index contributed by atoms with van der Waals surface area (Å²) in [6.45, 7) is 2.13. The molecule has 0 aromatic heterocycles. The van der Waals surface area contributed by atoms with Crippen LogP contribution in [-0.2, 0) is 23.9 Å². The highest BCUT2D eigenvalue weighted by Crippen LogP contribution is 2.55. The number of Topliss-reactive ketones (excluding diaryl/α,β-unsaturated/α-hetero) is 2. The first-order valence-corrected chi connectivity index (χ1v) is 10.9. The molecule has 7 N–H and O–H groups in total. The van der Waals surface area contributed by atoms with Crippen LogP contribution in [0.1, 0.15) is 26.2 Å². The van der Waals surface area contributed by atoms with Crippen LogP contribution in [-0.4, -0.2) is 84.3 Å². The minimum atomic E-state index is -1.13. The van der Waals surface area contributed by atoms with Crippen LogP contribution in [0.4, 0.5) is 4.79 Å². The summed E-state index contributed by atoms with van der Waals surface area (Å²) in [4.78, 5) is 52.1. The highest BCUT2D eigenvalue weighted by Gasteiger charge is 2.72. The van der Waals surface area contributed by atoms with E-state index in [0.29, 0.717) is 25.9 Å². The molecule has 3 aliphatic heterocycles. The Morgan fingerprint density at radius 3 is 2.67 bits per heavy atom. The number of amides is 1. The number of carboxylic acid groups (broad SMARTS) is 1. The van der Waals surface area contributed by atoms with Crippen LogP contribution in [0.15, 0.2) is 22.5 Å². The van der Waals surface area contributed by atoms with Crippen LogP contribution < -0.4 is 22.1 Å². The number of ketones is 2. The number of fused-ring (bicyclic) bond motifs is 4. The van der Waals surface area contributed by atoms with Gasteiger partial charge >= 0.3 is 12.1 Å². The Morgan fingerprint density at radius 1 is 1.33 bits per heavy atom. The lowest BCUT2D eigenvalue weighted by molar-refractivity contribution is -0.139. The van der Waals surface area contributed by atoms with Gasteiger partial charge in [-0.05, 0) is 32.7 Å². The first-order valence-electron chi connectivity index (χ1n) is 10.9. The molecule has 0 bridgehead atoms. The van der Waals surface area contributed by atoms with E-state index in [0.717, 1.165) is 0 Å². The molecule has 0 aromatic carbocycles. The van der Waals surface area contributed by atoms with Crippen molar-refractivity contribution in [3.05, 3.63) is 22.5 Å². The topological polar surface area (TPSA) is 196 Å². The quantitative estimate of drug-likeness (QED) is 0.145. The monoisotopic (exact) mass is 463 g/mol. The van der Waals surface area contributed by atoms with Crippen molar-refractivity contribution in [2.45, 2.75) is 50.0 Å². The fourth-order valence-electron chi connectivity index (χ4n) is 5.39. The molecule has 1 amide bonds. The third-order valence-electron chi connectivity index (χ3n) is 6.99. The number of nitrogens with zero attached hydrogens (tertiary/aromatic N) is 1. The maximum atomic E-state index is 13.7. The Hall–Kier alpha value is -2.96. The maximum absolute atomic E-state index is 13.7. The molecule has 1 aliphatic carbocycles. The smallest absolute Gasteiger partial charge is 0.404 e. The molecule has 180 valence electrons. The van der Waals surface area contributed by atoms with Crippen LogP contribution in [0.5, 0.6) is 0 Å². The average Bonchev–Trinajstić information content (AvgIpc) is 3.38. The fourth-order valence-corrected chi connectivity index (χ4v) is 5.39. The Bertz CT molecular complexity index is 976. The number of rotatable bonds is 10. The van der Waals surface area contributed by atoms with E-state index < -0.39 is 35.5 Å². The van der Waals surface area contributed by atoms with Gasteiger partial charge in [0, 0.05) is 30.8 Å². The van der Waals surface area contributed by atoms with Crippen LogP contribution in [0.2, 0.25) is 0 Å². The zero-order valence-corrected chi connectivity index (χ0v) is 18.6. The van der Waals surface area contributed by atoms with Gasteiger partial charge in [0.1, 0.15) is 12.6 Å². The SMILES string of the molecule is COC12C(COC(N)=O)C3=C(C(=O)C(C)=C(NC(CCCCN)C(=O)O)C3=O)N1CC1NC12. The zero-order valence-electron chi connectivity index (χ0n) is 18.6. The number of nitrogens with two attached hydrogens (primary N) is 2. The molecule has 5 unspecified atom stereocenters. The van der Waals surface area contributed by atoms with Gasteiger partial charge in [-0.15, -0.1) is 0 Å². The molecule has 0 radical (unpaired) electrons. The average molecular weight is 463 g/mol. The Kier molecular flexibility index (Phi) is 5.93. The Labute approximate surface area is 190 Å². The Morgan fingerprint density at radius 2 is 2.06 bits per heavy atom. The fraction of sp³-hybridized carbons (Fsp3) is 0.619. The predicted molar refractivity (Wildman–Crippen MR) is 113 cm³/mol. The van der Waals surface area contributed by atoms with Crippen LogP contribution in [0.3, 0.4) is 0 Å². The molecule has 0 saturated carbocycles. The summed E-state index contributed by atoms with van der Waals surface area (Å²) in [7, 11) is 1.48. The Balaban J connectivity index is 1.69. The summed E-state index contributed by atoms with van der Waals surface area (Å²) in [5.74, 6) is -2.81. The molecule has 5 atom stereocenters. The van der Waals surface area contributed by atoms with Gasteiger partial charge in [-0.2, -0.15) is 0 Å². The molecule has 4 rings (SSSR count). The number of unbranched alkanes of at least 4 members (excludes halogenated alkanes) is 1. The van der Waals surface area contributed by atoms with Gasteiger partial charge in [-0.3, -0.25) is 9.59 Å². The summed E-state index contributed by atoms with van der Waals surface area (Å²) in [6.07, 6.45) is 0.421. The van der Waals surface area contributed by atoms with Crippen molar-refractivity contribution in [3.8, 4) is 0 Å². The largest absolute Gasteiger partial charge is 0.480 e. The molecule has 33 heavy (non-hydrogen) atoms. The molecule has 2 saturated heterocycles. The molecule has 12 heteroatoms. The molecule has 0 spiro atoms. The van der Waals surface area contributed by atoms with Crippen molar-refractivity contribution in [1.29, 1.82) is 0 Å². The van der Waals surface area contributed by atoms with Crippen molar-refractivity contribution in [1.82, 2.24) is 15.5 Å². The number of methoxy groups -OCH3 is 1. The van der Waals surface area contributed by atoms with E-state index in [-0.39, 0.29) is 53.4 Å². The lowest BCUT2D eigenvalue weighted by atomic mass is 9.82. The standard InChI is InChI=1S/C21H29N5O7/c1-9-14(24-11(19(29)30)5-3-4-6-22)17(28)13-10(8-33-20(23)31)21(32-2)18-12(25-18)7-26(21)15(13)16(9)27/h10-12,18,24-25H,3-8,22H2,1-2H3,(H2,23,31)(H,29,30). The number of carboxylic acids is 1. The molecular formula is C21H29N5O7. The maximum Gasteiger partial charge on any atom is 0.404 e. The van der Waals surface area contributed by atoms with Gasteiger partial charge in [-0.25, -0.2) is 9.59 Å². The zero-order chi connectivity index (χ0) is 24.1. The van der Waals surface area contributed by atoms with Crippen molar-refractivity contribution >= 4 is 23.6 Å². The van der Waals surface area contributed by atoms with E-state index in [2.05, 4.69) is 10.6 Å². The molecule has 2 fully saturated rings. The first-order chi connectivity index (χ1) is 15.7. The predicted octanol–water partition coefficient (Wildman–Crippen LogP) is -1.44. The first kappa shape index (κ1) is 23.2. The van der Waals surface area contributed by atoms with Gasteiger partial charge in [0.2, 0.25) is 11.6 Å². The van der Waals surface area contributed by atoms with Gasteiger partial charge in [0.05, 0.1) is 23.4 Å². The number of piperazine rings is 1. The van der Waals surface area contributed by atoms with E-state index >= 15 is 0 Å². The van der Waals surface area contributed by atoms with E-state index in [4.69, 9.17) is 20.9 Å². The summed E-state index contributed by atoms with van der Waals surface area (Å²) in [5.41, 5.74) is 10.0. The van der Waals surface area contributed by atoms with Gasteiger partial charge in [0.25, 0.3) is 0 Å². The van der Waals surface area contributed by atoms with E-state index in [1.807, 2.05) is 0 Å². The normalized spacial score (nSPS) is 30.8. The van der Waals surface area contributed by atoms with Crippen LogP contribution in [0.25, 0.3) is 0 Å². The molecule has 0 aromatic rings. The third kappa shape index (κ3) is 3.49. The van der Waals surface area contributed by atoms with E-state index in [1.165, 1.54) is 14.0 Å². The van der Waals surface area contributed by atoms with Gasteiger partial charge in [0.15, 0.2) is 5.72 Å². The summed E-state index contributed by atoms with van der Waals surface area (Å²) < 4.78 is 11.0. The summed E-state index contributed by atoms with van der Waals surface area (Å²) >= 11 is 0. The van der Waals surface area contributed by atoms with Gasteiger partial charge < -0.3 is 41.6 Å². The van der Waals surface area contributed by atoms with Crippen LogP contribution in [0, 0.1) is 5.92 Å². The van der Waals surface area contributed by atoms with E-state index in [1.54, 1.807) is 4.90 Å². The van der Waals surface area contributed by atoms with E-state index in [9.17, 15) is 24.3 Å². The second-order valence-electron chi connectivity index (χ2n) is 8.74.